The number of aromatic nitrogens is 3. The summed E-state index contributed by atoms with van der Waals surface area (Å²) in [5.41, 5.74) is 3.83. The number of anilines is 1. The molecule has 0 saturated carbocycles. The van der Waals surface area contributed by atoms with Crippen molar-refractivity contribution >= 4 is 23.5 Å². The molecule has 1 atom stereocenters. The summed E-state index contributed by atoms with van der Waals surface area (Å²) in [7, 11) is 0. The molecule has 1 aliphatic rings. The van der Waals surface area contributed by atoms with Gasteiger partial charge in [0, 0.05) is 23.0 Å². The van der Waals surface area contributed by atoms with Crippen LogP contribution in [0.25, 0.3) is 0 Å². The number of thioether (sulfide) groups is 1. The van der Waals surface area contributed by atoms with E-state index in [9.17, 15) is 4.79 Å². The quantitative estimate of drug-likeness (QED) is 0.739. The number of H-pyrrole nitrogens is 1. The van der Waals surface area contributed by atoms with E-state index in [1.54, 1.807) is 18.0 Å². The lowest BCUT2D eigenvalue weighted by Crippen LogP contribution is -2.12. The Morgan fingerprint density at radius 1 is 1.23 bits per heavy atom. The Morgan fingerprint density at radius 3 is 2.92 bits per heavy atom. The summed E-state index contributed by atoms with van der Waals surface area (Å²) >= 11 is 1.57. The van der Waals surface area contributed by atoms with Gasteiger partial charge in [-0.05, 0) is 25.1 Å². The van der Waals surface area contributed by atoms with Crippen molar-refractivity contribution in [2.75, 3.05) is 11.1 Å². The third kappa shape index (κ3) is 3.30. The van der Waals surface area contributed by atoms with Gasteiger partial charge in [0.15, 0.2) is 5.82 Å². The third-order valence-electron chi connectivity index (χ3n) is 4.20. The molecule has 1 amide bonds. The predicted molar refractivity (Wildman–Crippen MR) is 101 cm³/mol. The highest BCUT2D eigenvalue weighted by Crippen LogP contribution is 2.45. The van der Waals surface area contributed by atoms with Crippen LogP contribution < -0.4 is 10.1 Å². The molecule has 2 aromatic heterocycles. The number of nitrogens with one attached hydrogen (secondary N) is 2. The molecule has 0 aliphatic carbocycles. The summed E-state index contributed by atoms with van der Waals surface area (Å²) in [6, 6.07) is 13.7. The van der Waals surface area contributed by atoms with E-state index in [0.717, 1.165) is 28.3 Å². The van der Waals surface area contributed by atoms with Crippen molar-refractivity contribution in [1.82, 2.24) is 15.2 Å². The van der Waals surface area contributed by atoms with Gasteiger partial charge >= 0.3 is 0 Å². The summed E-state index contributed by atoms with van der Waals surface area (Å²) in [5, 5.41) is 10.0. The van der Waals surface area contributed by atoms with Crippen molar-refractivity contribution in [1.29, 1.82) is 0 Å². The molecule has 132 valence electrons. The topological polar surface area (TPSA) is 79.9 Å². The lowest BCUT2D eigenvalue weighted by Gasteiger charge is -2.19. The lowest BCUT2D eigenvalue weighted by molar-refractivity contribution is -0.113. The van der Waals surface area contributed by atoms with Crippen LogP contribution in [0.3, 0.4) is 0 Å². The van der Waals surface area contributed by atoms with Crippen LogP contribution in [-0.4, -0.2) is 26.8 Å². The van der Waals surface area contributed by atoms with Crippen LogP contribution in [0.15, 0.2) is 48.7 Å². The van der Waals surface area contributed by atoms with Crippen molar-refractivity contribution in [3.8, 4) is 5.75 Å². The summed E-state index contributed by atoms with van der Waals surface area (Å²) in [6.07, 6.45) is 1.75. The van der Waals surface area contributed by atoms with Gasteiger partial charge in [0.2, 0.25) is 5.91 Å². The van der Waals surface area contributed by atoms with Crippen LogP contribution in [-0.2, 0) is 11.4 Å². The zero-order valence-electron chi connectivity index (χ0n) is 14.2. The molecule has 4 rings (SSSR count). The fraction of sp³-hybridized carbons (Fsp3) is 0.211. The predicted octanol–water partition coefficient (Wildman–Crippen LogP) is 3.47. The van der Waals surface area contributed by atoms with Gasteiger partial charge in [-0.1, -0.05) is 24.3 Å². The number of nitrogens with zero attached hydrogens (tertiary/aromatic N) is 2. The number of para-hydroxylation sites is 1. The van der Waals surface area contributed by atoms with Crippen molar-refractivity contribution in [3.05, 3.63) is 71.2 Å². The number of carbonyl (C=O) groups is 1. The molecule has 3 aromatic rings. The molecular weight excluding hydrogens is 348 g/mol. The Labute approximate surface area is 155 Å². The SMILES string of the molecule is Cc1[nH]nc2c1[C@H](c1ccccc1OCc1ccccn1)SCC(=O)N2. The molecular formula is C19H18N4O2S. The zero-order valence-corrected chi connectivity index (χ0v) is 15.0. The molecule has 1 aliphatic heterocycles. The molecule has 0 spiro atoms. The number of fused-ring (bicyclic) bond motifs is 1. The molecule has 0 bridgehead atoms. The Hall–Kier alpha value is -2.80. The number of rotatable bonds is 4. The molecule has 0 unspecified atom stereocenters. The van der Waals surface area contributed by atoms with Crippen LogP contribution in [0.5, 0.6) is 5.75 Å². The Bertz CT molecular complexity index is 926. The number of aromatic amines is 1. The standard InChI is InChI=1S/C19H18N4O2S/c1-12-17-18(26-11-16(24)21-19(17)23-22-12)14-7-2-3-8-15(14)25-10-13-6-4-5-9-20-13/h2-9,18H,10-11H2,1H3,(H2,21,22,23,24)/t18-/m0/s1. The van der Waals surface area contributed by atoms with Gasteiger partial charge in [-0.25, -0.2) is 0 Å². The van der Waals surface area contributed by atoms with E-state index < -0.39 is 0 Å². The molecule has 26 heavy (non-hydrogen) atoms. The largest absolute Gasteiger partial charge is 0.487 e. The van der Waals surface area contributed by atoms with Crippen LogP contribution in [0, 0.1) is 6.92 Å². The van der Waals surface area contributed by atoms with E-state index in [1.807, 2.05) is 49.4 Å². The second-order valence-corrected chi connectivity index (χ2v) is 7.09. The first kappa shape index (κ1) is 16.7. The van der Waals surface area contributed by atoms with Crippen molar-refractivity contribution < 1.29 is 9.53 Å². The van der Waals surface area contributed by atoms with E-state index in [4.69, 9.17) is 4.74 Å². The summed E-state index contributed by atoms with van der Waals surface area (Å²) in [6.45, 7) is 2.36. The number of amides is 1. The lowest BCUT2D eigenvalue weighted by atomic mass is 10.0. The first-order valence-electron chi connectivity index (χ1n) is 8.30. The van der Waals surface area contributed by atoms with Gasteiger partial charge in [0.25, 0.3) is 0 Å². The third-order valence-corrected chi connectivity index (χ3v) is 5.45. The van der Waals surface area contributed by atoms with Gasteiger partial charge in [-0.2, -0.15) is 5.10 Å². The van der Waals surface area contributed by atoms with E-state index >= 15 is 0 Å². The van der Waals surface area contributed by atoms with Crippen molar-refractivity contribution in [2.24, 2.45) is 0 Å². The molecule has 0 saturated heterocycles. The van der Waals surface area contributed by atoms with E-state index in [-0.39, 0.29) is 11.2 Å². The van der Waals surface area contributed by atoms with Crippen molar-refractivity contribution in [2.45, 2.75) is 18.8 Å². The van der Waals surface area contributed by atoms with Gasteiger partial charge in [0.1, 0.15) is 12.4 Å². The van der Waals surface area contributed by atoms with Gasteiger partial charge < -0.3 is 10.1 Å². The Balaban J connectivity index is 1.67. The minimum atomic E-state index is -0.0443. The zero-order chi connectivity index (χ0) is 17.9. The van der Waals surface area contributed by atoms with E-state index in [0.29, 0.717) is 18.2 Å². The molecule has 2 N–H and O–H groups in total. The van der Waals surface area contributed by atoms with Crippen LogP contribution in [0.2, 0.25) is 0 Å². The number of benzene rings is 1. The maximum absolute atomic E-state index is 12.0. The molecule has 1 aromatic carbocycles. The highest BCUT2D eigenvalue weighted by atomic mass is 32.2. The van der Waals surface area contributed by atoms with Gasteiger partial charge in [0.05, 0.1) is 16.7 Å². The number of hydrogen-bond donors (Lipinski definition) is 2. The number of pyridine rings is 1. The van der Waals surface area contributed by atoms with E-state index in [1.165, 1.54) is 0 Å². The summed E-state index contributed by atoms with van der Waals surface area (Å²) < 4.78 is 6.06. The molecule has 0 fully saturated rings. The highest BCUT2D eigenvalue weighted by Gasteiger charge is 2.30. The molecule has 7 heteroatoms. The van der Waals surface area contributed by atoms with Gasteiger partial charge in [-0.3, -0.25) is 14.9 Å². The maximum Gasteiger partial charge on any atom is 0.235 e. The maximum atomic E-state index is 12.0. The monoisotopic (exact) mass is 366 g/mol. The number of aryl methyl sites for hydroxylation is 1. The average molecular weight is 366 g/mol. The van der Waals surface area contributed by atoms with Crippen LogP contribution in [0.1, 0.15) is 27.8 Å². The molecule has 0 radical (unpaired) electrons. The smallest absolute Gasteiger partial charge is 0.235 e. The minimum Gasteiger partial charge on any atom is -0.487 e. The molecule has 6 nitrogen and oxygen atoms in total. The average Bonchev–Trinajstić information content (AvgIpc) is 2.93. The summed E-state index contributed by atoms with van der Waals surface area (Å²) in [4.78, 5) is 16.3. The second-order valence-electron chi connectivity index (χ2n) is 6.00. The van der Waals surface area contributed by atoms with Crippen LogP contribution >= 0.6 is 11.8 Å². The fourth-order valence-electron chi connectivity index (χ4n) is 2.97. The number of carbonyl (C=O) groups excluding carboxylic acids is 1. The highest BCUT2D eigenvalue weighted by molar-refractivity contribution is 8.00. The normalized spacial score (nSPS) is 16.5. The van der Waals surface area contributed by atoms with Crippen molar-refractivity contribution in [3.63, 3.8) is 0 Å². The number of hydrogen-bond acceptors (Lipinski definition) is 5. The van der Waals surface area contributed by atoms with Gasteiger partial charge in [-0.15, -0.1) is 11.8 Å². The number of ether oxygens (including phenoxy) is 1. The summed E-state index contributed by atoms with van der Waals surface area (Å²) in [5.74, 6) is 1.71. The first-order valence-corrected chi connectivity index (χ1v) is 9.35. The van der Waals surface area contributed by atoms with E-state index in [2.05, 4.69) is 20.5 Å². The van der Waals surface area contributed by atoms with Crippen LogP contribution in [0.4, 0.5) is 5.82 Å². The minimum absolute atomic E-state index is 0.0392. The Morgan fingerprint density at radius 2 is 2.08 bits per heavy atom. The fourth-order valence-corrected chi connectivity index (χ4v) is 4.19. The first-order chi connectivity index (χ1) is 12.7. The second kappa shape index (κ2) is 7.21. The Kier molecular flexibility index (Phi) is 4.62. The molecule has 3 heterocycles.